The van der Waals surface area contributed by atoms with Gasteiger partial charge in [-0.15, -0.1) is 0 Å². The Labute approximate surface area is 110 Å². The Kier molecular flexibility index (Phi) is 3.51. The van der Waals surface area contributed by atoms with E-state index >= 15 is 0 Å². The topological polar surface area (TPSA) is 115 Å². The van der Waals surface area contributed by atoms with Gasteiger partial charge in [-0.2, -0.15) is 0 Å². The maximum Gasteiger partial charge on any atom is 0.356 e. The van der Waals surface area contributed by atoms with E-state index in [-0.39, 0.29) is 17.3 Å². The molecule has 0 unspecified atom stereocenters. The van der Waals surface area contributed by atoms with Crippen LogP contribution in [0.1, 0.15) is 10.5 Å². The summed E-state index contributed by atoms with van der Waals surface area (Å²) in [6.45, 7) is 0. The number of hydrogen-bond donors (Lipinski definition) is 1. The first-order valence-corrected chi connectivity index (χ1v) is 5.14. The van der Waals surface area contributed by atoms with Crippen molar-refractivity contribution in [3.63, 3.8) is 0 Å². The molecule has 0 aliphatic heterocycles. The molecule has 1 aromatic carbocycles. The lowest BCUT2D eigenvalue weighted by Crippen LogP contribution is -2.02. The summed E-state index contributed by atoms with van der Waals surface area (Å²) in [6, 6.07) is 2.76. The molecule has 8 nitrogen and oxygen atoms in total. The Bertz CT molecular complexity index is 674. The third kappa shape index (κ3) is 2.83. The van der Waals surface area contributed by atoms with Crippen LogP contribution in [0.2, 0.25) is 0 Å². The van der Waals surface area contributed by atoms with Gasteiger partial charge in [0.15, 0.2) is 5.69 Å². The number of nitro groups is 1. The summed E-state index contributed by atoms with van der Waals surface area (Å²) in [5, 5.41) is 19.4. The average molecular weight is 279 g/mol. The van der Waals surface area contributed by atoms with Crippen molar-refractivity contribution in [2.24, 2.45) is 0 Å². The fraction of sp³-hybridized carbons (Fsp3) is 0. The van der Waals surface area contributed by atoms with Crippen molar-refractivity contribution in [3.05, 3.63) is 52.2 Å². The molecule has 9 heteroatoms. The second kappa shape index (κ2) is 5.26. The normalized spacial score (nSPS) is 10.1. The lowest BCUT2D eigenvalue weighted by Gasteiger charge is -2.05. The van der Waals surface area contributed by atoms with Gasteiger partial charge in [-0.1, -0.05) is 0 Å². The molecular weight excluding hydrogens is 273 g/mol. The molecule has 0 atom stereocenters. The van der Waals surface area contributed by atoms with Crippen LogP contribution in [0.15, 0.2) is 30.6 Å². The maximum atomic E-state index is 12.9. The van der Waals surface area contributed by atoms with E-state index in [9.17, 15) is 19.3 Å². The molecule has 1 N–H and O–H groups in total. The standard InChI is InChI=1S/C11H6FN3O5/c12-6-1-2-9(8(3-6)15(18)19)20-10-5-13-7(4-14-10)11(16)17/h1-5H,(H,16,17). The molecule has 1 aromatic heterocycles. The molecule has 0 spiro atoms. The Morgan fingerprint density at radius 2 is 2.10 bits per heavy atom. The number of hydrogen-bond acceptors (Lipinski definition) is 6. The van der Waals surface area contributed by atoms with Crippen molar-refractivity contribution in [2.75, 3.05) is 0 Å². The van der Waals surface area contributed by atoms with Gasteiger partial charge in [-0.3, -0.25) is 10.1 Å². The molecule has 0 bridgehead atoms. The van der Waals surface area contributed by atoms with E-state index in [4.69, 9.17) is 9.84 Å². The second-order valence-electron chi connectivity index (χ2n) is 3.52. The van der Waals surface area contributed by atoms with Crippen molar-refractivity contribution >= 4 is 11.7 Å². The fourth-order valence-corrected chi connectivity index (χ4v) is 1.31. The van der Waals surface area contributed by atoms with Crippen LogP contribution in [0.3, 0.4) is 0 Å². The molecule has 1 heterocycles. The van der Waals surface area contributed by atoms with Gasteiger partial charge in [-0.25, -0.2) is 19.2 Å². The first-order chi connectivity index (χ1) is 9.47. The van der Waals surface area contributed by atoms with Gasteiger partial charge in [0.1, 0.15) is 5.82 Å². The van der Waals surface area contributed by atoms with E-state index in [0.29, 0.717) is 6.07 Å². The first kappa shape index (κ1) is 13.3. The van der Waals surface area contributed by atoms with E-state index in [0.717, 1.165) is 24.5 Å². The summed E-state index contributed by atoms with van der Waals surface area (Å²) >= 11 is 0. The lowest BCUT2D eigenvalue weighted by molar-refractivity contribution is -0.385. The van der Waals surface area contributed by atoms with Gasteiger partial charge < -0.3 is 9.84 Å². The van der Waals surface area contributed by atoms with Gasteiger partial charge in [0, 0.05) is 0 Å². The third-order valence-electron chi connectivity index (χ3n) is 2.18. The van der Waals surface area contributed by atoms with Crippen LogP contribution < -0.4 is 4.74 Å². The number of aromatic carboxylic acids is 1. The number of halogens is 1. The van der Waals surface area contributed by atoms with Crippen molar-refractivity contribution in [3.8, 4) is 11.6 Å². The number of aromatic nitrogens is 2. The summed E-state index contributed by atoms with van der Waals surface area (Å²) in [5.74, 6) is -2.42. The molecule has 0 aliphatic rings. The van der Waals surface area contributed by atoms with Crippen LogP contribution in [0.25, 0.3) is 0 Å². The van der Waals surface area contributed by atoms with Crippen LogP contribution in [0, 0.1) is 15.9 Å². The average Bonchev–Trinajstić information content (AvgIpc) is 2.41. The Balaban J connectivity index is 2.30. The largest absolute Gasteiger partial charge is 0.476 e. The lowest BCUT2D eigenvalue weighted by atomic mass is 10.3. The van der Waals surface area contributed by atoms with Gasteiger partial charge >= 0.3 is 11.7 Å². The van der Waals surface area contributed by atoms with Crippen LogP contribution in [0.5, 0.6) is 11.6 Å². The highest BCUT2D eigenvalue weighted by Crippen LogP contribution is 2.30. The number of nitrogens with zero attached hydrogens (tertiary/aromatic N) is 3. The minimum Gasteiger partial charge on any atom is -0.476 e. The summed E-state index contributed by atoms with van der Waals surface area (Å²) in [7, 11) is 0. The number of carbonyl (C=O) groups is 1. The zero-order valence-corrected chi connectivity index (χ0v) is 9.69. The fourth-order valence-electron chi connectivity index (χ4n) is 1.31. The summed E-state index contributed by atoms with van der Waals surface area (Å²) in [6.07, 6.45) is 1.93. The van der Waals surface area contributed by atoms with Gasteiger partial charge in [0.05, 0.1) is 23.4 Å². The summed E-state index contributed by atoms with van der Waals surface area (Å²) in [4.78, 5) is 27.7. The number of benzene rings is 1. The van der Waals surface area contributed by atoms with E-state index in [1.807, 2.05) is 0 Å². The van der Waals surface area contributed by atoms with E-state index in [1.54, 1.807) is 0 Å². The number of carboxylic acids is 1. The van der Waals surface area contributed by atoms with E-state index in [1.165, 1.54) is 0 Å². The molecule has 2 rings (SSSR count). The molecule has 0 amide bonds. The third-order valence-corrected chi connectivity index (χ3v) is 2.18. The molecule has 2 aromatic rings. The SMILES string of the molecule is O=C(O)c1cnc(Oc2ccc(F)cc2[N+](=O)[O-])cn1. The number of rotatable bonds is 4. The predicted molar refractivity (Wildman–Crippen MR) is 62.1 cm³/mol. The molecule has 102 valence electrons. The van der Waals surface area contributed by atoms with Crippen molar-refractivity contribution in [1.29, 1.82) is 0 Å². The second-order valence-corrected chi connectivity index (χ2v) is 3.52. The quantitative estimate of drug-likeness (QED) is 0.672. The predicted octanol–water partition coefficient (Wildman–Crippen LogP) is 2.01. The molecule has 0 radical (unpaired) electrons. The van der Waals surface area contributed by atoms with Gasteiger partial charge in [0.2, 0.25) is 11.6 Å². The Morgan fingerprint density at radius 1 is 1.35 bits per heavy atom. The zero-order chi connectivity index (χ0) is 14.7. The Hall–Kier alpha value is -3.10. The summed E-state index contributed by atoms with van der Waals surface area (Å²) in [5.41, 5.74) is -0.875. The van der Waals surface area contributed by atoms with Crippen LogP contribution in [-0.2, 0) is 0 Å². The minimum absolute atomic E-state index is 0.148. The van der Waals surface area contributed by atoms with Gasteiger partial charge in [0.25, 0.3) is 0 Å². The number of nitro benzene ring substituents is 1. The molecule has 20 heavy (non-hydrogen) atoms. The first-order valence-electron chi connectivity index (χ1n) is 5.14. The monoisotopic (exact) mass is 279 g/mol. The number of ether oxygens (including phenoxy) is 1. The Morgan fingerprint density at radius 3 is 2.65 bits per heavy atom. The van der Waals surface area contributed by atoms with E-state index < -0.39 is 22.4 Å². The van der Waals surface area contributed by atoms with Crippen molar-refractivity contribution < 1.29 is 24.0 Å². The van der Waals surface area contributed by atoms with Crippen LogP contribution >= 0.6 is 0 Å². The van der Waals surface area contributed by atoms with Crippen molar-refractivity contribution in [2.45, 2.75) is 0 Å². The molecule has 0 aliphatic carbocycles. The highest BCUT2D eigenvalue weighted by Gasteiger charge is 2.17. The molecular formula is C11H6FN3O5. The number of carboxylic acid groups (broad SMARTS) is 1. The molecule has 0 saturated carbocycles. The zero-order valence-electron chi connectivity index (χ0n) is 9.69. The minimum atomic E-state index is -1.27. The van der Waals surface area contributed by atoms with Gasteiger partial charge in [-0.05, 0) is 12.1 Å². The maximum absolute atomic E-state index is 12.9. The van der Waals surface area contributed by atoms with E-state index in [2.05, 4.69) is 9.97 Å². The van der Waals surface area contributed by atoms with Crippen LogP contribution in [-0.4, -0.2) is 26.0 Å². The summed E-state index contributed by atoms with van der Waals surface area (Å²) < 4.78 is 18.0. The van der Waals surface area contributed by atoms with Crippen molar-refractivity contribution in [1.82, 2.24) is 9.97 Å². The molecule has 0 fully saturated rings. The highest BCUT2D eigenvalue weighted by atomic mass is 19.1. The van der Waals surface area contributed by atoms with Crippen LogP contribution in [0.4, 0.5) is 10.1 Å². The highest BCUT2D eigenvalue weighted by molar-refractivity contribution is 5.84. The molecule has 0 saturated heterocycles. The smallest absolute Gasteiger partial charge is 0.356 e.